The molecule has 0 bridgehead atoms. The molecule has 0 saturated carbocycles. The Morgan fingerprint density at radius 3 is 2.60 bits per heavy atom. The number of fused-ring (bicyclic) bond motifs is 2. The van der Waals surface area contributed by atoms with Crippen molar-refractivity contribution in [3.05, 3.63) is 100 Å². The number of nitrogens with zero attached hydrogens (tertiary/aromatic N) is 5. The second kappa shape index (κ2) is 9.23. The summed E-state index contributed by atoms with van der Waals surface area (Å²) >= 11 is 6.56. The molecule has 1 N–H and O–H groups in total. The Kier molecular flexibility index (Phi) is 5.96. The summed E-state index contributed by atoms with van der Waals surface area (Å²) in [7, 11) is 3.65. The van der Waals surface area contributed by atoms with E-state index in [1.165, 1.54) is 0 Å². The highest BCUT2D eigenvalue weighted by atomic mass is 35.5. The number of amides is 2. The number of rotatable bonds is 4. The van der Waals surface area contributed by atoms with E-state index in [-0.39, 0.29) is 16.8 Å². The third-order valence-corrected chi connectivity index (χ3v) is 6.20. The molecular weight excluding hydrogens is 464 g/mol. The Morgan fingerprint density at radius 2 is 1.80 bits per heavy atom. The maximum atomic E-state index is 13.7. The van der Waals surface area contributed by atoms with Crippen molar-refractivity contribution in [1.29, 1.82) is 0 Å². The molecule has 0 unspecified atom stereocenters. The van der Waals surface area contributed by atoms with Crippen LogP contribution in [-0.2, 0) is 13.1 Å². The smallest absolute Gasteiger partial charge is 0.260 e. The van der Waals surface area contributed by atoms with Gasteiger partial charge in [0.1, 0.15) is 5.82 Å². The number of halogens is 1. The molecule has 0 aliphatic carbocycles. The van der Waals surface area contributed by atoms with Crippen molar-refractivity contribution >= 4 is 40.6 Å². The Labute approximate surface area is 207 Å². The van der Waals surface area contributed by atoms with Gasteiger partial charge in [-0.3, -0.25) is 14.3 Å². The van der Waals surface area contributed by atoms with Crippen LogP contribution in [0.1, 0.15) is 32.0 Å². The molecule has 1 aliphatic heterocycles. The highest BCUT2D eigenvalue weighted by Gasteiger charge is 2.26. The molecule has 0 saturated heterocycles. The number of carbonyl (C=O) groups excluding carboxylic acids is 2. The first-order chi connectivity index (χ1) is 16.9. The third kappa shape index (κ3) is 4.36. The maximum Gasteiger partial charge on any atom is 0.260 e. The van der Waals surface area contributed by atoms with Crippen LogP contribution in [0.25, 0.3) is 0 Å². The van der Waals surface area contributed by atoms with E-state index in [0.29, 0.717) is 35.7 Å². The number of anilines is 3. The number of benzene rings is 2. The molecular formula is C26H23ClN6O2. The number of hydrogen-bond acceptors (Lipinski definition) is 5. The molecule has 2 amide bonds. The number of hydrogen-bond donors (Lipinski definition) is 1. The maximum absolute atomic E-state index is 13.7. The van der Waals surface area contributed by atoms with Gasteiger partial charge in [-0.25, -0.2) is 4.98 Å². The quantitative estimate of drug-likeness (QED) is 0.460. The Morgan fingerprint density at radius 1 is 0.971 bits per heavy atom. The summed E-state index contributed by atoms with van der Waals surface area (Å²) < 4.78 is 1.90. The zero-order chi connectivity index (χ0) is 24.5. The van der Waals surface area contributed by atoms with E-state index in [4.69, 9.17) is 11.6 Å². The standard InChI is InChI=1S/C26H23ClN6O2/c1-31(2)24-21(7-5-12-28-24)25(34)30-18-9-10-20(22(27)14-18)26(35)32-16-19-11-13-29-33(19)15-17-6-3-4-8-23(17)32/h3-14H,15-16H2,1-2H3,(H,30,34). The van der Waals surface area contributed by atoms with E-state index in [2.05, 4.69) is 15.4 Å². The molecule has 176 valence electrons. The number of aromatic nitrogens is 3. The van der Waals surface area contributed by atoms with Gasteiger partial charge in [0.2, 0.25) is 0 Å². The average molecular weight is 487 g/mol. The third-order valence-electron chi connectivity index (χ3n) is 5.88. The molecule has 8 nitrogen and oxygen atoms in total. The summed E-state index contributed by atoms with van der Waals surface area (Å²) in [6, 6.07) is 18.0. The average Bonchev–Trinajstić information content (AvgIpc) is 3.22. The van der Waals surface area contributed by atoms with E-state index < -0.39 is 0 Å². The molecule has 1 aliphatic rings. The summed E-state index contributed by atoms with van der Waals surface area (Å²) in [5, 5.41) is 7.49. The van der Waals surface area contributed by atoms with E-state index in [9.17, 15) is 9.59 Å². The summed E-state index contributed by atoms with van der Waals surface area (Å²) in [4.78, 5) is 34.3. The molecule has 2 aromatic heterocycles. The van der Waals surface area contributed by atoms with Crippen molar-refractivity contribution in [3.8, 4) is 0 Å². The zero-order valence-electron chi connectivity index (χ0n) is 19.3. The number of nitrogens with one attached hydrogen (secondary N) is 1. The Balaban J connectivity index is 1.42. The molecule has 4 aromatic rings. The van der Waals surface area contributed by atoms with Gasteiger partial charge in [0.25, 0.3) is 11.8 Å². The second-order valence-corrected chi connectivity index (χ2v) is 8.83. The van der Waals surface area contributed by atoms with Crippen LogP contribution in [0.2, 0.25) is 5.02 Å². The number of pyridine rings is 1. The van der Waals surface area contributed by atoms with Crippen LogP contribution < -0.4 is 15.1 Å². The van der Waals surface area contributed by atoms with Gasteiger partial charge in [0, 0.05) is 37.9 Å². The lowest BCUT2D eigenvalue weighted by atomic mass is 10.1. The fourth-order valence-corrected chi connectivity index (χ4v) is 4.44. The van der Waals surface area contributed by atoms with Gasteiger partial charge < -0.3 is 15.1 Å². The number of para-hydroxylation sites is 1. The van der Waals surface area contributed by atoms with Crippen molar-refractivity contribution in [3.63, 3.8) is 0 Å². The van der Waals surface area contributed by atoms with Crippen LogP contribution in [0.5, 0.6) is 0 Å². The topological polar surface area (TPSA) is 83.4 Å². The van der Waals surface area contributed by atoms with Crippen molar-refractivity contribution in [2.45, 2.75) is 13.1 Å². The molecule has 2 aromatic carbocycles. The summed E-state index contributed by atoms with van der Waals surface area (Å²) in [6.45, 7) is 0.962. The predicted octanol–water partition coefficient (Wildman–Crippen LogP) is 4.46. The minimum Gasteiger partial charge on any atom is -0.362 e. The van der Waals surface area contributed by atoms with E-state index in [0.717, 1.165) is 16.9 Å². The molecule has 0 radical (unpaired) electrons. The first kappa shape index (κ1) is 22.6. The highest BCUT2D eigenvalue weighted by molar-refractivity contribution is 6.35. The van der Waals surface area contributed by atoms with Gasteiger partial charge in [-0.05, 0) is 48.0 Å². The largest absolute Gasteiger partial charge is 0.362 e. The van der Waals surface area contributed by atoms with E-state index in [1.54, 1.807) is 52.5 Å². The fourth-order valence-electron chi connectivity index (χ4n) is 4.18. The molecule has 3 heterocycles. The van der Waals surface area contributed by atoms with Gasteiger partial charge in [-0.1, -0.05) is 29.8 Å². The summed E-state index contributed by atoms with van der Waals surface area (Å²) in [5.74, 6) is 0.0192. The Bertz CT molecular complexity index is 1430. The predicted molar refractivity (Wildman–Crippen MR) is 136 cm³/mol. The van der Waals surface area contributed by atoms with Crippen LogP contribution >= 0.6 is 11.6 Å². The summed E-state index contributed by atoms with van der Waals surface area (Å²) in [6.07, 6.45) is 3.37. The monoisotopic (exact) mass is 486 g/mol. The SMILES string of the molecule is CN(C)c1ncccc1C(=O)Nc1ccc(C(=O)N2Cc3ccnn3Cc3ccccc32)c(Cl)c1. The highest BCUT2D eigenvalue weighted by Crippen LogP contribution is 2.31. The molecule has 5 rings (SSSR count). The van der Waals surface area contributed by atoms with Gasteiger partial charge in [-0.15, -0.1) is 0 Å². The fraction of sp³-hybridized carbons (Fsp3) is 0.154. The van der Waals surface area contributed by atoms with Crippen molar-refractivity contribution in [2.24, 2.45) is 0 Å². The lowest BCUT2D eigenvalue weighted by Gasteiger charge is -2.23. The van der Waals surface area contributed by atoms with Crippen LogP contribution in [0.3, 0.4) is 0 Å². The van der Waals surface area contributed by atoms with Crippen molar-refractivity contribution in [1.82, 2.24) is 14.8 Å². The van der Waals surface area contributed by atoms with Gasteiger partial charge in [0.05, 0.1) is 34.9 Å². The molecule has 35 heavy (non-hydrogen) atoms. The lowest BCUT2D eigenvalue weighted by molar-refractivity contribution is 0.0984. The zero-order valence-corrected chi connectivity index (χ0v) is 20.0. The van der Waals surface area contributed by atoms with Gasteiger partial charge in [-0.2, -0.15) is 5.10 Å². The van der Waals surface area contributed by atoms with Crippen molar-refractivity contribution < 1.29 is 9.59 Å². The van der Waals surface area contributed by atoms with E-state index in [1.807, 2.05) is 49.1 Å². The molecule has 9 heteroatoms. The van der Waals surface area contributed by atoms with Crippen LogP contribution in [0, 0.1) is 0 Å². The van der Waals surface area contributed by atoms with Crippen LogP contribution in [-0.4, -0.2) is 40.7 Å². The summed E-state index contributed by atoms with van der Waals surface area (Å²) in [5.41, 5.74) is 4.03. The van der Waals surface area contributed by atoms with Gasteiger partial charge in [0.15, 0.2) is 0 Å². The molecule has 0 atom stereocenters. The van der Waals surface area contributed by atoms with E-state index >= 15 is 0 Å². The molecule has 0 fully saturated rings. The normalized spacial score (nSPS) is 12.4. The van der Waals surface area contributed by atoms with Crippen LogP contribution in [0.4, 0.5) is 17.2 Å². The second-order valence-electron chi connectivity index (χ2n) is 8.42. The molecule has 0 spiro atoms. The minimum atomic E-state index is -0.313. The van der Waals surface area contributed by atoms with Crippen LogP contribution in [0.15, 0.2) is 73.1 Å². The first-order valence-electron chi connectivity index (χ1n) is 11.1. The lowest BCUT2D eigenvalue weighted by Crippen LogP contribution is -2.31. The first-order valence-corrected chi connectivity index (χ1v) is 11.4. The minimum absolute atomic E-state index is 0.225. The van der Waals surface area contributed by atoms with Crippen molar-refractivity contribution in [2.75, 3.05) is 29.2 Å². The number of carbonyl (C=O) groups is 2. The van der Waals surface area contributed by atoms with Gasteiger partial charge >= 0.3 is 0 Å². The Hall–Kier alpha value is -4.17.